The number of hydrogen-bond acceptors (Lipinski definition) is 0. The molecule has 0 aliphatic heterocycles. The highest BCUT2D eigenvalue weighted by molar-refractivity contribution is 4.80. The first kappa shape index (κ1) is 17.0. The minimum Gasteiger partial charge on any atom is -0.0654 e. The first-order chi connectivity index (χ1) is 7.99. The van der Waals surface area contributed by atoms with Crippen LogP contribution in [0.2, 0.25) is 0 Å². The van der Waals surface area contributed by atoms with E-state index in [2.05, 4.69) is 41.5 Å². The second kappa shape index (κ2) is 9.00. The lowest BCUT2D eigenvalue weighted by Crippen LogP contribution is -2.23. The van der Waals surface area contributed by atoms with Gasteiger partial charge >= 0.3 is 0 Å². The Hall–Kier alpha value is 0. The summed E-state index contributed by atoms with van der Waals surface area (Å²) >= 11 is 0. The monoisotopic (exact) mass is 240 g/mol. The zero-order chi connectivity index (χ0) is 13.3. The van der Waals surface area contributed by atoms with Gasteiger partial charge in [0.1, 0.15) is 0 Å². The third-order valence-electron chi connectivity index (χ3n) is 4.54. The highest BCUT2D eigenvalue weighted by atomic mass is 14.3. The van der Waals surface area contributed by atoms with Crippen molar-refractivity contribution in [3.63, 3.8) is 0 Å². The average Bonchev–Trinajstić information content (AvgIpc) is 2.32. The third kappa shape index (κ3) is 7.11. The van der Waals surface area contributed by atoms with Crippen LogP contribution in [0.4, 0.5) is 0 Å². The molecule has 0 heteroatoms. The van der Waals surface area contributed by atoms with E-state index in [4.69, 9.17) is 0 Å². The molecule has 0 saturated heterocycles. The third-order valence-corrected chi connectivity index (χ3v) is 4.54. The molecule has 0 N–H and O–H groups in total. The Morgan fingerprint density at radius 3 is 2.00 bits per heavy atom. The van der Waals surface area contributed by atoms with Crippen LogP contribution < -0.4 is 0 Å². The molecule has 0 aromatic heterocycles. The maximum atomic E-state index is 2.44. The molecule has 0 amide bonds. The molecule has 0 nitrogen and oxygen atoms in total. The second-order valence-corrected chi connectivity index (χ2v) is 6.61. The lowest BCUT2D eigenvalue weighted by molar-refractivity contribution is 0.157. The van der Waals surface area contributed by atoms with E-state index in [0.29, 0.717) is 5.41 Å². The summed E-state index contributed by atoms with van der Waals surface area (Å²) in [6.45, 7) is 14.2. The average molecular weight is 240 g/mol. The summed E-state index contributed by atoms with van der Waals surface area (Å²) in [7, 11) is 0. The van der Waals surface area contributed by atoms with Crippen LogP contribution in [-0.2, 0) is 0 Å². The van der Waals surface area contributed by atoms with Crippen molar-refractivity contribution in [2.24, 2.45) is 17.3 Å². The van der Waals surface area contributed by atoms with Crippen molar-refractivity contribution in [3.8, 4) is 0 Å². The topological polar surface area (TPSA) is 0 Å². The molecule has 0 saturated carbocycles. The highest BCUT2D eigenvalue weighted by Gasteiger charge is 2.28. The zero-order valence-corrected chi connectivity index (χ0v) is 13.3. The minimum absolute atomic E-state index is 0.649. The molecule has 0 rings (SSSR count). The molecule has 0 fully saturated rings. The lowest BCUT2D eigenvalue weighted by Gasteiger charge is -2.36. The normalized spacial score (nSPS) is 17.1. The van der Waals surface area contributed by atoms with Crippen molar-refractivity contribution < 1.29 is 0 Å². The lowest BCUT2D eigenvalue weighted by atomic mass is 9.69. The number of hydrogen-bond donors (Lipinski definition) is 0. The predicted octanol–water partition coefficient (Wildman–Crippen LogP) is 6.45. The van der Waals surface area contributed by atoms with Crippen molar-refractivity contribution in [2.75, 3.05) is 0 Å². The van der Waals surface area contributed by atoms with Crippen molar-refractivity contribution in [1.29, 1.82) is 0 Å². The maximum absolute atomic E-state index is 2.44. The summed E-state index contributed by atoms with van der Waals surface area (Å²) in [5, 5.41) is 0. The summed E-state index contributed by atoms with van der Waals surface area (Å²) in [5.74, 6) is 1.76. The van der Waals surface area contributed by atoms with E-state index in [-0.39, 0.29) is 0 Å². The molecule has 2 unspecified atom stereocenters. The van der Waals surface area contributed by atoms with Gasteiger partial charge in [0, 0.05) is 0 Å². The standard InChI is InChI=1S/C17H36/c1-7-10-12-17(9-3,13-11-15(4)5)14-16(6)8-2/h15-16H,7-14H2,1-6H3. The van der Waals surface area contributed by atoms with Crippen molar-refractivity contribution >= 4 is 0 Å². The fourth-order valence-corrected chi connectivity index (χ4v) is 2.86. The molecule has 0 aliphatic carbocycles. The minimum atomic E-state index is 0.649. The van der Waals surface area contributed by atoms with Gasteiger partial charge in [-0.05, 0) is 36.5 Å². The Kier molecular flexibility index (Phi) is 9.00. The van der Waals surface area contributed by atoms with E-state index < -0.39 is 0 Å². The Morgan fingerprint density at radius 2 is 1.59 bits per heavy atom. The van der Waals surface area contributed by atoms with Gasteiger partial charge in [0.25, 0.3) is 0 Å². The molecule has 0 aromatic carbocycles. The molecule has 0 heterocycles. The molecule has 104 valence electrons. The summed E-state index contributed by atoms with van der Waals surface area (Å²) in [4.78, 5) is 0. The fraction of sp³-hybridized carbons (Fsp3) is 1.00. The molecular weight excluding hydrogens is 204 g/mol. The van der Waals surface area contributed by atoms with Gasteiger partial charge in [-0.2, -0.15) is 0 Å². The Labute approximate surface area is 111 Å². The molecule has 0 radical (unpaired) electrons. The van der Waals surface area contributed by atoms with E-state index in [0.717, 1.165) is 11.8 Å². The van der Waals surface area contributed by atoms with Crippen LogP contribution in [0.3, 0.4) is 0 Å². The predicted molar refractivity (Wildman–Crippen MR) is 80.4 cm³/mol. The molecule has 0 bridgehead atoms. The first-order valence-corrected chi connectivity index (χ1v) is 7.99. The highest BCUT2D eigenvalue weighted by Crippen LogP contribution is 2.41. The summed E-state index contributed by atoms with van der Waals surface area (Å²) in [6.07, 6.45) is 11.3. The number of rotatable bonds is 10. The molecular formula is C17H36. The van der Waals surface area contributed by atoms with Gasteiger partial charge in [-0.3, -0.25) is 0 Å². The first-order valence-electron chi connectivity index (χ1n) is 7.99. The van der Waals surface area contributed by atoms with Gasteiger partial charge in [0.05, 0.1) is 0 Å². The van der Waals surface area contributed by atoms with Gasteiger partial charge in [-0.15, -0.1) is 0 Å². The summed E-state index contributed by atoms with van der Waals surface area (Å²) in [5.41, 5.74) is 0.649. The van der Waals surface area contributed by atoms with Gasteiger partial charge in [0.2, 0.25) is 0 Å². The largest absolute Gasteiger partial charge is 0.0654 e. The molecule has 2 atom stereocenters. The maximum Gasteiger partial charge on any atom is -0.0297 e. The van der Waals surface area contributed by atoms with Crippen molar-refractivity contribution in [3.05, 3.63) is 0 Å². The van der Waals surface area contributed by atoms with Crippen LogP contribution in [0.25, 0.3) is 0 Å². The second-order valence-electron chi connectivity index (χ2n) is 6.61. The fourth-order valence-electron chi connectivity index (χ4n) is 2.86. The van der Waals surface area contributed by atoms with Gasteiger partial charge < -0.3 is 0 Å². The van der Waals surface area contributed by atoms with E-state index in [1.165, 1.54) is 51.4 Å². The van der Waals surface area contributed by atoms with E-state index >= 15 is 0 Å². The van der Waals surface area contributed by atoms with E-state index in [9.17, 15) is 0 Å². The van der Waals surface area contributed by atoms with Crippen molar-refractivity contribution in [2.45, 2.75) is 92.9 Å². The number of unbranched alkanes of at least 4 members (excludes halogenated alkanes) is 1. The van der Waals surface area contributed by atoms with Crippen LogP contribution >= 0.6 is 0 Å². The van der Waals surface area contributed by atoms with E-state index in [1.54, 1.807) is 0 Å². The Morgan fingerprint density at radius 1 is 0.941 bits per heavy atom. The van der Waals surface area contributed by atoms with Gasteiger partial charge in [-0.1, -0.05) is 73.6 Å². The summed E-state index contributed by atoms with van der Waals surface area (Å²) in [6, 6.07) is 0. The quantitative estimate of drug-likeness (QED) is 0.412. The molecule has 0 aromatic rings. The van der Waals surface area contributed by atoms with Crippen molar-refractivity contribution in [1.82, 2.24) is 0 Å². The van der Waals surface area contributed by atoms with Gasteiger partial charge in [-0.25, -0.2) is 0 Å². The zero-order valence-electron chi connectivity index (χ0n) is 13.3. The van der Waals surface area contributed by atoms with Crippen LogP contribution in [0, 0.1) is 17.3 Å². The van der Waals surface area contributed by atoms with Crippen LogP contribution in [-0.4, -0.2) is 0 Å². The van der Waals surface area contributed by atoms with Crippen LogP contribution in [0.15, 0.2) is 0 Å². The Balaban J connectivity index is 4.49. The SMILES string of the molecule is CCCCC(CC)(CCC(C)C)CC(C)CC. The van der Waals surface area contributed by atoms with Gasteiger partial charge in [0.15, 0.2) is 0 Å². The molecule has 0 aliphatic rings. The summed E-state index contributed by atoms with van der Waals surface area (Å²) < 4.78 is 0. The van der Waals surface area contributed by atoms with Crippen LogP contribution in [0.5, 0.6) is 0 Å². The van der Waals surface area contributed by atoms with Crippen LogP contribution in [0.1, 0.15) is 92.9 Å². The van der Waals surface area contributed by atoms with E-state index in [1.807, 2.05) is 0 Å². The smallest absolute Gasteiger partial charge is 0.0297 e. The molecule has 0 spiro atoms. The Bertz CT molecular complexity index is 171. The molecule has 17 heavy (non-hydrogen) atoms.